The Labute approximate surface area is 125 Å². The zero-order chi connectivity index (χ0) is 15.0. The van der Waals surface area contributed by atoms with Crippen LogP contribution in [0, 0.1) is 32.4 Å². The Hall–Kier alpha value is -1.26. The second-order valence-electron chi connectivity index (χ2n) is 5.04. The molecule has 0 aromatic heterocycles. The van der Waals surface area contributed by atoms with E-state index in [1.54, 1.807) is 0 Å². The van der Waals surface area contributed by atoms with Crippen LogP contribution in [0.3, 0.4) is 0 Å². The van der Waals surface area contributed by atoms with Gasteiger partial charge in [0, 0.05) is 0 Å². The molecular formula is C16H16BrF2N. The second kappa shape index (κ2) is 5.62. The molecule has 1 nitrogen and oxygen atoms in total. The molecule has 0 aliphatic heterocycles. The summed E-state index contributed by atoms with van der Waals surface area (Å²) in [5.41, 5.74) is 11.0. The Bertz CT molecular complexity index is 666. The first-order valence-electron chi connectivity index (χ1n) is 6.29. The van der Waals surface area contributed by atoms with Crippen LogP contribution in [0.2, 0.25) is 0 Å². The van der Waals surface area contributed by atoms with E-state index in [2.05, 4.69) is 22.0 Å². The lowest BCUT2D eigenvalue weighted by atomic mass is 9.92. The predicted octanol–water partition coefficient (Wildman–Crippen LogP) is 4.70. The Kier molecular flexibility index (Phi) is 4.25. The largest absolute Gasteiger partial charge is 0.320 e. The normalized spacial score (nSPS) is 12.6. The number of halogens is 3. The molecule has 20 heavy (non-hydrogen) atoms. The molecule has 0 spiro atoms. The third-order valence-electron chi connectivity index (χ3n) is 3.62. The van der Waals surface area contributed by atoms with E-state index in [-0.39, 0.29) is 4.47 Å². The first-order valence-corrected chi connectivity index (χ1v) is 7.09. The minimum atomic E-state index is -0.903. The molecule has 0 aliphatic carbocycles. The van der Waals surface area contributed by atoms with Gasteiger partial charge in [0.25, 0.3) is 0 Å². The molecule has 0 amide bonds. The molecule has 0 saturated heterocycles. The van der Waals surface area contributed by atoms with Crippen molar-refractivity contribution in [2.24, 2.45) is 5.73 Å². The number of hydrogen-bond donors (Lipinski definition) is 1. The van der Waals surface area contributed by atoms with Gasteiger partial charge >= 0.3 is 0 Å². The van der Waals surface area contributed by atoms with E-state index in [0.717, 1.165) is 22.8 Å². The predicted molar refractivity (Wildman–Crippen MR) is 80.7 cm³/mol. The Balaban J connectivity index is 2.55. The average Bonchev–Trinajstić information content (AvgIpc) is 2.40. The summed E-state index contributed by atoms with van der Waals surface area (Å²) in [5, 5.41) is 0. The molecule has 0 radical (unpaired) electrons. The Morgan fingerprint density at radius 1 is 0.950 bits per heavy atom. The van der Waals surface area contributed by atoms with Crippen molar-refractivity contribution in [3.63, 3.8) is 0 Å². The lowest BCUT2D eigenvalue weighted by Gasteiger charge is -2.19. The van der Waals surface area contributed by atoms with E-state index >= 15 is 0 Å². The van der Waals surface area contributed by atoms with Gasteiger partial charge in [-0.3, -0.25) is 0 Å². The summed E-state index contributed by atoms with van der Waals surface area (Å²) in [6.07, 6.45) is 0. The molecule has 0 fully saturated rings. The summed E-state index contributed by atoms with van der Waals surface area (Å²) in [7, 11) is 0. The molecule has 2 aromatic rings. The third-order valence-corrected chi connectivity index (χ3v) is 4.42. The molecule has 2 rings (SSSR count). The van der Waals surface area contributed by atoms with Crippen molar-refractivity contribution in [3.05, 3.63) is 68.2 Å². The van der Waals surface area contributed by atoms with E-state index in [9.17, 15) is 8.78 Å². The molecule has 106 valence electrons. The lowest BCUT2D eigenvalue weighted by molar-refractivity contribution is 0.501. The van der Waals surface area contributed by atoms with E-state index < -0.39 is 17.7 Å². The summed E-state index contributed by atoms with van der Waals surface area (Å²) in [6.45, 7) is 6.01. The average molecular weight is 340 g/mol. The van der Waals surface area contributed by atoms with Crippen LogP contribution in [0.4, 0.5) is 8.78 Å². The van der Waals surface area contributed by atoms with Gasteiger partial charge in [0.1, 0.15) is 0 Å². The van der Waals surface area contributed by atoms with E-state index in [1.165, 1.54) is 11.6 Å². The van der Waals surface area contributed by atoms with Crippen LogP contribution in [-0.2, 0) is 0 Å². The zero-order valence-corrected chi connectivity index (χ0v) is 13.2. The number of nitrogens with two attached hydrogens (primary N) is 1. The fourth-order valence-corrected chi connectivity index (χ4v) is 2.83. The molecule has 1 unspecified atom stereocenters. The standard InChI is InChI=1S/C16H16BrF2N/c1-8-6-10(3)12(7-9(8)2)16(20)11-4-5-13(18)15(19)14(11)17/h4-7,16H,20H2,1-3H3. The lowest BCUT2D eigenvalue weighted by Crippen LogP contribution is -2.15. The van der Waals surface area contributed by atoms with E-state index in [4.69, 9.17) is 5.73 Å². The fraction of sp³-hybridized carbons (Fsp3) is 0.250. The summed E-state index contributed by atoms with van der Waals surface area (Å²) < 4.78 is 26.9. The molecule has 1 atom stereocenters. The van der Waals surface area contributed by atoms with Crippen molar-refractivity contribution in [2.75, 3.05) is 0 Å². The highest BCUT2D eigenvalue weighted by Gasteiger charge is 2.19. The molecule has 4 heteroatoms. The maximum absolute atomic E-state index is 13.6. The van der Waals surface area contributed by atoms with Gasteiger partial charge in [-0.05, 0) is 70.6 Å². The number of rotatable bonds is 2. The third kappa shape index (κ3) is 2.63. The monoisotopic (exact) mass is 339 g/mol. The minimum Gasteiger partial charge on any atom is -0.320 e. The van der Waals surface area contributed by atoms with Crippen molar-refractivity contribution < 1.29 is 8.78 Å². The highest BCUT2D eigenvalue weighted by molar-refractivity contribution is 9.10. The first-order chi connectivity index (χ1) is 9.32. The van der Waals surface area contributed by atoms with Crippen LogP contribution in [0.25, 0.3) is 0 Å². The van der Waals surface area contributed by atoms with E-state index in [1.807, 2.05) is 26.8 Å². The smallest absolute Gasteiger partial charge is 0.173 e. The van der Waals surface area contributed by atoms with Crippen LogP contribution in [-0.4, -0.2) is 0 Å². The first kappa shape index (κ1) is 15.1. The molecule has 0 saturated carbocycles. The van der Waals surface area contributed by atoms with Crippen LogP contribution in [0.5, 0.6) is 0 Å². The van der Waals surface area contributed by atoms with Crippen molar-refractivity contribution in [1.82, 2.24) is 0 Å². The number of aryl methyl sites for hydroxylation is 3. The summed E-state index contributed by atoms with van der Waals surface area (Å²) in [6, 6.07) is 6.17. The highest BCUT2D eigenvalue weighted by atomic mass is 79.9. The quantitative estimate of drug-likeness (QED) is 0.788. The summed E-state index contributed by atoms with van der Waals surface area (Å²) in [4.78, 5) is 0. The molecule has 0 heterocycles. The number of benzene rings is 2. The van der Waals surface area contributed by atoms with Gasteiger partial charge in [-0.1, -0.05) is 18.2 Å². The topological polar surface area (TPSA) is 26.0 Å². The van der Waals surface area contributed by atoms with Crippen molar-refractivity contribution in [1.29, 1.82) is 0 Å². The molecule has 2 N–H and O–H groups in total. The van der Waals surface area contributed by atoms with Gasteiger partial charge in [-0.25, -0.2) is 8.78 Å². The minimum absolute atomic E-state index is 0.0858. The zero-order valence-electron chi connectivity index (χ0n) is 11.6. The van der Waals surface area contributed by atoms with Gasteiger partial charge in [0.05, 0.1) is 10.5 Å². The maximum atomic E-state index is 13.6. The van der Waals surface area contributed by atoms with Gasteiger partial charge in [0.15, 0.2) is 11.6 Å². The summed E-state index contributed by atoms with van der Waals surface area (Å²) in [5.74, 6) is -1.79. The van der Waals surface area contributed by atoms with Crippen LogP contribution < -0.4 is 5.73 Å². The fourth-order valence-electron chi connectivity index (χ4n) is 2.27. The number of hydrogen-bond acceptors (Lipinski definition) is 1. The Morgan fingerprint density at radius 2 is 1.55 bits per heavy atom. The van der Waals surface area contributed by atoms with Crippen molar-refractivity contribution in [2.45, 2.75) is 26.8 Å². The SMILES string of the molecule is Cc1cc(C)c(C(N)c2ccc(F)c(F)c2Br)cc1C. The van der Waals surface area contributed by atoms with Crippen LogP contribution >= 0.6 is 15.9 Å². The Morgan fingerprint density at radius 3 is 2.20 bits per heavy atom. The molecule has 0 bridgehead atoms. The van der Waals surface area contributed by atoms with Gasteiger partial charge < -0.3 is 5.73 Å². The van der Waals surface area contributed by atoms with Gasteiger partial charge in [-0.2, -0.15) is 0 Å². The van der Waals surface area contributed by atoms with E-state index in [0.29, 0.717) is 5.56 Å². The highest BCUT2D eigenvalue weighted by Crippen LogP contribution is 2.32. The van der Waals surface area contributed by atoms with Crippen LogP contribution in [0.1, 0.15) is 33.9 Å². The van der Waals surface area contributed by atoms with Crippen LogP contribution in [0.15, 0.2) is 28.7 Å². The van der Waals surface area contributed by atoms with Crippen molar-refractivity contribution >= 4 is 15.9 Å². The van der Waals surface area contributed by atoms with Crippen molar-refractivity contribution in [3.8, 4) is 0 Å². The molecular weight excluding hydrogens is 324 g/mol. The van der Waals surface area contributed by atoms with Gasteiger partial charge in [0.2, 0.25) is 0 Å². The summed E-state index contributed by atoms with van der Waals surface area (Å²) >= 11 is 3.09. The second-order valence-corrected chi connectivity index (χ2v) is 5.83. The molecule has 0 aliphatic rings. The maximum Gasteiger partial charge on any atom is 0.173 e. The molecule has 2 aromatic carbocycles. The van der Waals surface area contributed by atoms with Gasteiger partial charge in [-0.15, -0.1) is 0 Å².